The average Bonchev–Trinajstić information content (AvgIpc) is 2.46. The van der Waals surface area contributed by atoms with Crippen LogP contribution < -0.4 is 10.1 Å². The van der Waals surface area contributed by atoms with Crippen LogP contribution in [0, 0.1) is 0 Å². The zero-order valence-corrected chi connectivity index (χ0v) is 11.7. The van der Waals surface area contributed by atoms with Crippen LogP contribution in [0.5, 0.6) is 5.75 Å². The van der Waals surface area contributed by atoms with Gasteiger partial charge >= 0.3 is 12.6 Å². The van der Waals surface area contributed by atoms with Crippen LogP contribution in [0.1, 0.15) is 12.5 Å². The highest BCUT2D eigenvalue weighted by Crippen LogP contribution is 2.31. The fourth-order valence-electron chi connectivity index (χ4n) is 2.53. The lowest BCUT2D eigenvalue weighted by molar-refractivity contribution is -0.151. The van der Waals surface area contributed by atoms with Crippen LogP contribution in [-0.2, 0) is 10.3 Å². The van der Waals surface area contributed by atoms with Crippen LogP contribution in [0.25, 0.3) is 0 Å². The quantitative estimate of drug-likeness (QED) is 0.863. The second-order valence-corrected chi connectivity index (χ2v) is 5.02. The van der Waals surface area contributed by atoms with Crippen LogP contribution in [0.4, 0.5) is 8.78 Å². The predicted molar refractivity (Wildman–Crippen MR) is 72.5 cm³/mol. The van der Waals surface area contributed by atoms with Gasteiger partial charge in [0, 0.05) is 26.2 Å². The van der Waals surface area contributed by atoms with Crippen molar-refractivity contribution in [3.05, 3.63) is 29.8 Å². The van der Waals surface area contributed by atoms with Crippen LogP contribution >= 0.6 is 0 Å². The lowest BCUT2D eigenvalue weighted by Gasteiger charge is -2.40. The molecule has 0 saturated carbocycles. The van der Waals surface area contributed by atoms with Gasteiger partial charge in [-0.25, -0.2) is 4.79 Å². The summed E-state index contributed by atoms with van der Waals surface area (Å²) in [5, 5.41) is 12.8. The number of ether oxygens (including phenoxy) is 1. The smallest absolute Gasteiger partial charge is 0.387 e. The van der Waals surface area contributed by atoms with Crippen molar-refractivity contribution < 1.29 is 23.4 Å². The monoisotopic (exact) mass is 300 g/mol. The largest absolute Gasteiger partial charge is 0.480 e. The number of carboxylic acid groups (broad SMARTS) is 1. The van der Waals surface area contributed by atoms with Crippen LogP contribution in [0.3, 0.4) is 0 Å². The molecular weight excluding hydrogens is 282 g/mol. The molecule has 1 saturated heterocycles. The van der Waals surface area contributed by atoms with E-state index in [9.17, 15) is 18.7 Å². The molecule has 1 aliphatic heterocycles. The number of aliphatic carboxylic acids is 1. The minimum Gasteiger partial charge on any atom is -0.480 e. The second-order valence-electron chi connectivity index (χ2n) is 5.02. The van der Waals surface area contributed by atoms with Gasteiger partial charge in [-0.15, -0.1) is 0 Å². The molecule has 0 bridgehead atoms. The highest BCUT2D eigenvalue weighted by molar-refractivity contribution is 5.80. The summed E-state index contributed by atoms with van der Waals surface area (Å²) in [6, 6.07) is 5.89. The van der Waals surface area contributed by atoms with Crippen molar-refractivity contribution in [3.63, 3.8) is 0 Å². The third kappa shape index (κ3) is 3.30. The number of hydrogen-bond donors (Lipinski definition) is 2. The molecule has 0 aromatic heterocycles. The van der Waals surface area contributed by atoms with Gasteiger partial charge in [-0.1, -0.05) is 12.1 Å². The Bertz CT molecular complexity index is 507. The standard InChI is InChI=1S/C14H18F2N2O3/c1-14(12(19)20,18-7-5-17-6-8-18)10-3-2-4-11(9-10)21-13(15)16/h2-4,9,13,17H,5-8H2,1H3,(H,19,20). The lowest BCUT2D eigenvalue weighted by Crippen LogP contribution is -2.56. The Kier molecular flexibility index (Phi) is 4.74. The highest BCUT2D eigenvalue weighted by atomic mass is 19.3. The van der Waals surface area contributed by atoms with Crippen LogP contribution in [0.15, 0.2) is 24.3 Å². The molecule has 1 aromatic carbocycles. The van der Waals surface area contributed by atoms with E-state index in [0.717, 1.165) is 0 Å². The van der Waals surface area contributed by atoms with Gasteiger partial charge < -0.3 is 15.2 Å². The Hall–Kier alpha value is -1.73. The van der Waals surface area contributed by atoms with Crippen molar-refractivity contribution in [1.82, 2.24) is 10.2 Å². The normalized spacial score (nSPS) is 19.2. The van der Waals surface area contributed by atoms with Gasteiger partial charge in [0.2, 0.25) is 0 Å². The Morgan fingerprint density at radius 3 is 2.67 bits per heavy atom. The molecule has 0 aliphatic carbocycles. The van der Waals surface area contributed by atoms with E-state index in [2.05, 4.69) is 10.1 Å². The Morgan fingerprint density at radius 1 is 1.43 bits per heavy atom. The van der Waals surface area contributed by atoms with Crippen molar-refractivity contribution in [2.24, 2.45) is 0 Å². The number of hydrogen-bond acceptors (Lipinski definition) is 4. The molecule has 7 heteroatoms. The van der Waals surface area contributed by atoms with Gasteiger partial charge in [0.05, 0.1) is 0 Å². The van der Waals surface area contributed by atoms with Gasteiger partial charge in [0.15, 0.2) is 0 Å². The Morgan fingerprint density at radius 2 is 2.10 bits per heavy atom. The number of carbonyl (C=O) groups is 1. The topological polar surface area (TPSA) is 61.8 Å². The number of benzene rings is 1. The van der Waals surface area contributed by atoms with E-state index in [1.165, 1.54) is 18.2 Å². The summed E-state index contributed by atoms with van der Waals surface area (Å²) in [6.07, 6.45) is 0. The molecule has 1 heterocycles. The molecule has 1 atom stereocenters. The number of piperazine rings is 1. The molecule has 2 N–H and O–H groups in total. The maximum absolute atomic E-state index is 12.3. The van der Waals surface area contributed by atoms with Crippen molar-refractivity contribution in [2.45, 2.75) is 19.1 Å². The molecule has 116 valence electrons. The minimum absolute atomic E-state index is 0.0369. The highest BCUT2D eigenvalue weighted by Gasteiger charge is 2.42. The second kappa shape index (κ2) is 6.36. The summed E-state index contributed by atoms with van der Waals surface area (Å²) >= 11 is 0. The van der Waals surface area contributed by atoms with Gasteiger partial charge in [0.25, 0.3) is 0 Å². The summed E-state index contributed by atoms with van der Waals surface area (Å²) in [4.78, 5) is 13.6. The number of halogens is 2. The van der Waals surface area contributed by atoms with E-state index in [4.69, 9.17) is 0 Å². The van der Waals surface area contributed by atoms with E-state index < -0.39 is 18.1 Å². The fourth-order valence-corrected chi connectivity index (χ4v) is 2.53. The molecular formula is C14H18F2N2O3. The Balaban J connectivity index is 2.35. The zero-order chi connectivity index (χ0) is 15.5. The number of rotatable bonds is 5. The SMILES string of the molecule is CC(C(=O)O)(c1cccc(OC(F)F)c1)N1CCNCC1. The first-order valence-electron chi connectivity index (χ1n) is 6.69. The first-order valence-corrected chi connectivity index (χ1v) is 6.69. The third-order valence-electron chi connectivity index (χ3n) is 3.79. The van der Waals surface area contributed by atoms with Crippen molar-refractivity contribution in [3.8, 4) is 5.75 Å². The van der Waals surface area contributed by atoms with Gasteiger partial charge in [-0.05, 0) is 24.6 Å². The molecule has 5 nitrogen and oxygen atoms in total. The molecule has 0 radical (unpaired) electrons. The molecule has 0 amide bonds. The molecule has 2 rings (SSSR count). The van der Waals surface area contributed by atoms with Gasteiger partial charge in [-0.2, -0.15) is 8.78 Å². The summed E-state index contributed by atoms with van der Waals surface area (Å²) < 4.78 is 29.0. The number of alkyl halides is 2. The maximum Gasteiger partial charge on any atom is 0.387 e. The van der Waals surface area contributed by atoms with Crippen molar-refractivity contribution in [1.29, 1.82) is 0 Å². The van der Waals surface area contributed by atoms with Crippen LogP contribution in [0.2, 0.25) is 0 Å². The summed E-state index contributed by atoms with van der Waals surface area (Å²) in [5.41, 5.74) is -0.848. The summed E-state index contributed by atoms with van der Waals surface area (Å²) in [5.74, 6) is -1.05. The number of carboxylic acids is 1. The molecule has 1 fully saturated rings. The van der Waals surface area contributed by atoms with E-state index in [1.807, 2.05) is 4.90 Å². The minimum atomic E-state index is -2.93. The first kappa shape index (κ1) is 15.7. The fraction of sp³-hybridized carbons (Fsp3) is 0.500. The third-order valence-corrected chi connectivity index (χ3v) is 3.79. The van der Waals surface area contributed by atoms with Gasteiger partial charge in [0.1, 0.15) is 11.3 Å². The number of nitrogens with zero attached hydrogens (tertiary/aromatic N) is 1. The molecule has 21 heavy (non-hydrogen) atoms. The summed E-state index contributed by atoms with van der Waals surface area (Å²) in [6.45, 7) is 1.18. The van der Waals surface area contributed by atoms with Gasteiger partial charge in [-0.3, -0.25) is 4.90 Å². The van der Waals surface area contributed by atoms with Crippen LogP contribution in [-0.4, -0.2) is 48.8 Å². The van der Waals surface area contributed by atoms with E-state index in [0.29, 0.717) is 31.7 Å². The molecule has 1 aromatic rings. The number of nitrogens with one attached hydrogen (secondary N) is 1. The zero-order valence-electron chi connectivity index (χ0n) is 11.7. The lowest BCUT2D eigenvalue weighted by atomic mass is 9.89. The summed E-state index contributed by atoms with van der Waals surface area (Å²) in [7, 11) is 0. The van der Waals surface area contributed by atoms with E-state index in [-0.39, 0.29) is 5.75 Å². The van der Waals surface area contributed by atoms with Crippen molar-refractivity contribution >= 4 is 5.97 Å². The first-order chi connectivity index (χ1) is 9.94. The maximum atomic E-state index is 12.3. The van der Waals surface area contributed by atoms with E-state index >= 15 is 0 Å². The van der Waals surface area contributed by atoms with E-state index in [1.54, 1.807) is 13.0 Å². The molecule has 1 unspecified atom stereocenters. The van der Waals surface area contributed by atoms with Crippen molar-refractivity contribution in [2.75, 3.05) is 26.2 Å². The molecule has 0 spiro atoms. The predicted octanol–water partition coefficient (Wildman–Crippen LogP) is 1.49. The molecule has 1 aliphatic rings. The average molecular weight is 300 g/mol. The Labute approximate surface area is 121 Å².